The van der Waals surface area contributed by atoms with Gasteiger partial charge in [0, 0.05) is 12.1 Å². The van der Waals surface area contributed by atoms with Gasteiger partial charge in [-0.15, -0.1) is 0 Å². The van der Waals surface area contributed by atoms with Crippen molar-refractivity contribution in [2.24, 2.45) is 5.92 Å². The number of nitrogens with zero attached hydrogens (tertiary/aromatic N) is 1. The molecule has 0 aliphatic heterocycles. The van der Waals surface area contributed by atoms with Crippen molar-refractivity contribution in [2.45, 2.75) is 45.8 Å². The van der Waals surface area contributed by atoms with Crippen molar-refractivity contribution in [3.63, 3.8) is 0 Å². The zero-order chi connectivity index (χ0) is 22.3. The first-order chi connectivity index (χ1) is 14.1. The molecule has 1 N–H and O–H groups in total. The molecule has 9 heteroatoms. The summed E-state index contributed by atoms with van der Waals surface area (Å²) >= 11 is -2.41. The largest absolute Gasteiger partial charge is 0.493 e. The highest BCUT2D eigenvalue weighted by Crippen LogP contribution is 2.31. The summed E-state index contributed by atoms with van der Waals surface area (Å²) in [6, 6.07) is 4.73. The van der Waals surface area contributed by atoms with Crippen LogP contribution in [0.3, 0.4) is 0 Å². The van der Waals surface area contributed by atoms with E-state index in [4.69, 9.17) is 14.2 Å². The van der Waals surface area contributed by atoms with Crippen molar-refractivity contribution >= 4 is 23.2 Å². The number of hydrogen-bond donors (Lipinski definition) is 1. The van der Waals surface area contributed by atoms with Crippen LogP contribution in [-0.4, -0.2) is 50.4 Å². The highest BCUT2D eigenvalue weighted by molar-refractivity contribution is 7.76. The number of carbonyl (C=O) groups excluding carboxylic acids is 2. The Kier molecular flexibility index (Phi) is 8.57. The normalized spacial score (nSPS) is 14.8. The second-order valence-electron chi connectivity index (χ2n) is 8.08. The summed E-state index contributed by atoms with van der Waals surface area (Å²) in [5.41, 5.74) is 0.170. The average molecular weight is 440 g/mol. The van der Waals surface area contributed by atoms with Crippen LogP contribution in [0.1, 0.15) is 49.5 Å². The van der Waals surface area contributed by atoms with Crippen LogP contribution in [0.4, 0.5) is 0 Å². The summed E-state index contributed by atoms with van der Waals surface area (Å²) in [4.78, 5) is 24.2. The van der Waals surface area contributed by atoms with Crippen molar-refractivity contribution < 1.29 is 32.6 Å². The molecule has 30 heavy (non-hydrogen) atoms. The predicted octanol–water partition coefficient (Wildman–Crippen LogP) is 3.10. The topological polar surface area (TPSA) is 102 Å². The van der Waals surface area contributed by atoms with E-state index in [1.165, 1.54) is 6.08 Å². The fraction of sp³-hybridized carbons (Fsp3) is 0.524. The van der Waals surface area contributed by atoms with Crippen LogP contribution in [0.15, 0.2) is 30.9 Å². The molecule has 1 aliphatic carbocycles. The zero-order valence-electron chi connectivity index (χ0n) is 17.6. The third-order valence-electron chi connectivity index (χ3n) is 4.10. The molecule has 0 aromatic heterocycles. The monoisotopic (exact) mass is 439 g/mol. The minimum absolute atomic E-state index is 0.0374. The van der Waals surface area contributed by atoms with Gasteiger partial charge in [0.25, 0.3) is 0 Å². The lowest BCUT2D eigenvalue weighted by Crippen LogP contribution is -2.35. The average Bonchev–Trinajstić information content (AvgIpc) is 3.47. The number of esters is 2. The van der Waals surface area contributed by atoms with E-state index in [0.29, 0.717) is 29.4 Å². The molecule has 1 unspecified atom stereocenters. The Morgan fingerprint density at radius 3 is 2.60 bits per heavy atom. The van der Waals surface area contributed by atoms with E-state index in [0.717, 1.165) is 17.1 Å². The lowest BCUT2D eigenvalue weighted by atomic mass is 10.1. The third-order valence-corrected chi connectivity index (χ3v) is 4.80. The maximum Gasteiger partial charge on any atom is 0.338 e. The summed E-state index contributed by atoms with van der Waals surface area (Å²) in [5.74, 6) is -0.252. The van der Waals surface area contributed by atoms with Crippen LogP contribution >= 0.6 is 0 Å². The molecule has 1 atom stereocenters. The Labute approximate surface area is 179 Å². The fourth-order valence-electron chi connectivity index (χ4n) is 2.53. The molecule has 166 valence electrons. The van der Waals surface area contributed by atoms with E-state index >= 15 is 0 Å². The summed E-state index contributed by atoms with van der Waals surface area (Å²) in [7, 11) is 0. The van der Waals surface area contributed by atoms with E-state index in [2.05, 4.69) is 6.58 Å². The Hall–Kier alpha value is -2.23. The van der Waals surface area contributed by atoms with Gasteiger partial charge in [-0.05, 0) is 51.7 Å². The van der Waals surface area contributed by atoms with Crippen LogP contribution in [0.2, 0.25) is 0 Å². The van der Waals surface area contributed by atoms with Gasteiger partial charge in [0.15, 0.2) is 0 Å². The van der Waals surface area contributed by atoms with Crippen molar-refractivity contribution in [1.82, 2.24) is 4.31 Å². The zero-order valence-corrected chi connectivity index (χ0v) is 18.4. The van der Waals surface area contributed by atoms with E-state index in [1.807, 2.05) is 0 Å². The first kappa shape index (κ1) is 24.0. The highest BCUT2D eigenvalue weighted by atomic mass is 32.2. The van der Waals surface area contributed by atoms with E-state index in [1.54, 1.807) is 39.0 Å². The van der Waals surface area contributed by atoms with Gasteiger partial charge in [-0.1, -0.05) is 18.7 Å². The Morgan fingerprint density at radius 2 is 2.03 bits per heavy atom. The lowest BCUT2D eigenvalue weighted by molar-refractivity contribution is -0.155. The molecule has 8 nitrogen and oxygen atoms in total. The van der Waals surface area contributed by atoms with Gasteiger partial charge in [0.1, 0.15) is 24.5 Å². The molecule has 0 amide bonds. The van der Waals surface area contributed by atoms with Gasteiger partial charge in [-0.25, -0.2) is 9.00 Å². The Balaban J connectivity index is 2.18. The second-order valence-corrected chi connectivity index (χ2v) is 9.06. The van der Waals surface area contributed by atoms with Crippen molar-refractivity contribution in [2.75, 3.05) is 19.8 Å². The highest BCUT2D eigenvalue weighted by Gasteiger charge is 2.25. The first-order valence-electron chi connectivity index (χ1n) is 9.70. The molecule has 2 rings (SSSR count). The van der Waals surface area contributed by atoms with Gasteiger partial charge in [0.05, 0.1) is 12.2 Å². The van der Waals surface area contributed by atoms with Gasteiger partial charge in [0.2, 0.25) is 11.3 Å². The van der Waals surface area contributed by atoms with Crippen molar-refractivity contribution in [1.29, 1.82) is 0 Å². The molecular formula is C21H29NO7S. The molecule has 1 fully saturated rings. The van der Waals surface area contributed by atoms with Crippen molar-refractivity contribution in [3.05, 3.63) is 42.0 Å². The smallest absolute Gasteiger partial charge is 0.338 e. The molecular weight excluding hydrogens is 410 g/mol. The summed E-state index contributed by atoms with van der Waals surface area (Å²) < 4.78 is 38.7. The van der Waals surface area contributed by atoms with E-state index in [9.17, 15) is 18.4 Å². The lowest BCUT2D eigenvalue weighted by Gasteiger charge is -2.23. The number of rotatable bonds is 11. The summed E-state index contributed by atoms with van der Waals surface area (Å²) in [6.45, 7) is 8.85. The molecule has 1 aromatic rings. The first-order valence-corrected chi connectivity index (χ1v) is 10.8. The Bertz CT molecular complexity index is 799. The SMILES string of the molecule is C=CCOC(=O)c1ccc(CN(CC(=O)OC(C)(C)C)S(=O)O)c(OCC2CC2)c1. The molecule has 1 aliphatic rings. The van der Waals surface area contributed by atoms with Gasteiger partial charge < -0.3 is 14.2 Å². The van der Waals surface area contributed by atoms with E-state index < -0.39 is 28.8 Å². The van der Waals surface area contributed by atoms with Crippen LogP contribution in [0, 0.1) is 5.92 Å². The third kappa shape index (κ3) is 8.25. The minimum atomic E-state index is -2.41. The Morgan fingerprint density at radius 1 is 1.33 bits per heavy atom. The molecule has 0 bridgehead atoms. The van der Waals surface area contributed by atoms with Gasteiger partial charge >= 0.3 is 11.9 Å². The molecule has 0 radical (unpaired) electrons. The fourth-order valence-corrected chi connectivity index (χ4v) is 3.00. The van der Waals surface area contributed by atoms with Crippen molar-refractivity contribution in [3.8, 4) is 5.75 Å². The maximum atomic E-state index is 12.1. The number of hydrogen-bond acceptors (Lipinski definition) is 6. The standard InChI is InChI=1S/C21H29NO7S/c1-5-10-27-20(24)16-8-9-17(18(11-16)28-14-15-6-7-15)12-22(30(25)26)13-19(23)29-21(2,3)4/h5,8-9,11,15H,1,6-7,10,12-14H2,2-4H3,(H,25,26). The second kappa shape index (κ2) is 10.7. The summed E-state index contributed by atoms with van der Waals surface area (Å²) in [6.07, 6.45) is 3.64. The molecule has 0 spiro atoms. The maximum absolute atomic E-state index is 12.1. The molecule has 0 heterocycles. The van der Waals surface area contributed by atoms with Gasteiger partial charge in [-0.2, -0.15) is 4.31 Å². The number of carbonyl (C=O) groups is 2. The van der Waals surface area contributed by atoms with Crippen LogP contribution < -0.4 is 4.74 Å². The van der Waals surface area contributed by atoms with Crippen LogP contribution in [-0.2, 0) is 32.1 Å². The van der Waals surface area contributed by atoms with Crippen LogP contribution in [0.5, 0.6) is 5.75 Å². The van der Waals surface area contributed by atoms with Crippen LogP contribution in [0.25, 0.3) is 0 Å². The summed E-state index contributed by atoms with van der Waals surface area (Å²) in [5, 5.41) is 0. The predicted molar refractivity (Wildman–Crippen MR) is 112 cm³/mol. The molecule has 1 aromatic carbocycles. The van der Waals surface area contributed by atoms with E-state index in [-0.39, 0.29) is 19.7 Å². The minimum Gasteiger partial charge on any atom is -0.493 e. The number of ether oxygens (including phenoxy) is 3. The van der Waals surface area contributed by atoms with Gasteiger partial charge in [-0.3, -0.25) is 9.35 Å². The number of benzene rings is 1. The quantitative estimate of drug-likeness (QED) is 0.321. The molecule has 0 saturated heterocycles. The molecule has 1 saturated carbocycles.